The first-order valence-corrected chi connectivity index (χ1v) is 43.5. The Bertz CT molecular complexity index is 5610. The van der Waals surface area contributed by atoms with E-state index < -0.39 is 29.5 Å². The summed E-state index contributed by atoms with van der Waals surface area (Å²) in [4.78, 5) is 164. The predicted octanol–water partition coefficient (Wildman–Crippen LogP) is 14.4. The minimum absolute atomic E-state index is 0.0568. The Labute approximate surface area is 737 Å². The molecule has 3 amide bonds. The maximum absolute atomic E-state index is 13.3. The summed E-state index contributed by atoms with van der Waals surface area (Å²) in [6.45, 7) is 7.66. The van der Waals surface area contributed by atoms with Gasteiger partial charge in [-0.3, -0.25) is 67.3 Å². The van der Waals surface area contributed by atoms with Crippen molar-refractivity contribution in [2.24, 2.45) is 40.3 Å². The van der Waals surface area contributed by atoms with Crippen LogP contribution in [0.15, 0.2) is 126 Å². The number of ketones is 5. The van der Waals surface area contributed by atoms with E-state index in [1.165, 1.54) is 87.8 Å². The normalized spacial score (nSPS) is 16.5. The van der Waals surface area contributed by atoms with E-state index in [0.717, 1.165) is 98.0 Å². The van der Waals surface area contributed by atoms with E-state index in [9.17, 15) is 75.5 Å². The number of aliphatic imine (C=N–C) groups is 1. The zero-order valence-electron chi connectivity index (χ0n) is 69.1. The Balaban J connectivity index is 0.000000159. The second-order valence-corrected chi connectivity index (χ2v) is 34.6. The molecule has 5 aromatic carbocycles. The monoisotopic (exact) mass is 1830 g/mol. The highest BCUT2D eigenvalue weighted by Gasteiger charge is 2.42. The molecular weight excluding hydrogens is 1740 g/mol. The highest BCUT2D eigenvalue weighted by molar-refractivity contribution is 9.09. The predicted molar refractivity (Wildman–Crippen MR) is 468 cm³/mol. The van der Waals surface area contributed by atoms with Crippen LogP contribution in [-0.2, 0) is 124 Å². The number of nitrogens with one attached hydrogen (secondary N) is 3. The maximum Gasteiger partial charge on any atom is 0.417 e. The first kappa shape index (κ1) is 94.4. The summed E-state index contributed by atoms with van der Waals surface area (Å²) in [6, 6.07) is 36.2. The van der Waals surface area contributed by atoms with Crippen molar-refractivity contribution in [3.63, 3.8) is 0 Å². The SMILES string of the molecule is COC(=O)C1CCC(=O)C1.COC(=O)C1Cc2sc(N)c(C(=O)c3ccccc3C)c2C1.COC(=O)C1Cc2sc(NC(=O)CBr)c(C(=O)c3ccccc3C)c2C1.COC(=O)C1Cc2sc(NC(=O)CN)c(C(=O)c3ccccc3C)c2C1.COC(=O)C1Cc2sc3c(c2C1)C(c1ccccc1C)=NCC(=O)N3.N#CCC(=O)c1ccccc1C(F)(F)F. The van der Waals surface area contributed by atoms with Crippen LogP contribution in [0.2, 0.25) is 0 Å². The second kappa shape index (κ2) is 42.5. The lowest BCUT2D eigenvalue weighted by Gasteiger charge is -2.12. The van der Waals surface area contributed by atoms with Gasteiger partial charge in [-0.15, -0.1) is 45.3 Å². The number of fused-ring (bicyclic) bond motifs is 6. The molecule has 1 saturated carbocycles. The number of methoxy groups -OCH3 is 5. The number of nitriles is 1. The number of anilines is 4. The van der Waals surface area contributed by atoms with Gasteiger partial charge in [0, 0.05) is 65.7 Å². The number of nitrogen functional groups attached to an aromatic ring is 1. The fraction of sp³-hybridized carbons (Fsp3) is 0.330. The Morgan fingerprint density at radius 3 is 1.31 bits per heavy atom. The van der Waals surface area contributed by atoms with Crippen LogP contribution in [0.1, 0.15) is 165 Å². The third kappa shape index (κ3) is 22.0. The summed E-state index contributed by atoms with van der Waals surface area (Å²) in [5, 5.41) is 19.4. The lowest BCUT2D eigenvalue weighted by Crippen LogP contribution is -2.23. The second-order valence-electron chi connectivity index (χ2n) is 29.6. The van der Waals surface area contributed by atoms with Gasteiger partial charge in [0.15, 0.2) is 23.1 Å². The molecule has 9 aromatic rings. The van der Waals surface area contributed by atoms with Gasteiger partial charge in [-0.25, -0.2) is 0 Å². The highest BCUT2D eigenvalue weighted by atomic mass is 79.9. The minimum atomic E-state index is -4.57. The van der Waals surface area contributed by atoms with Crippen LogP contribution in [0.4, 0.5) is 33.2 Å². The number of halogens is 4. The maximum atomic E-state index is 13.3. The fourth-order valence-electron chi connectivity index (χ4n) is 15.3. The quantitative estimate of drug-likeness (QED) is 0.0230. The molecule has 1 aliphatic heterocycles. The molecule has 124 heavy (non-hydrogen) atoms. The molecule has 648 valence electrons. The van der Waals surface area contributed by atoms with Gasteiger partial charge in [-0.05, 0) is 136 Å². The van der Waals surface area contributed by atoms with Crippen LogP contribution in [-0.4, -0.2) is 136 Å². The number of esters is 5. The molecule has 0 spiro atoms. The zero-order chi connectivity index (χ0) is 90.1. The van der Waals surface area contributed by atoms with E-state index in [4.69, 9.17) is 35.7 Å². The molecule has 1 fully saturated rings. The van der Waals surface area contributed by atoms with Gasteiger partial charge in [0.05, 0.1) is 122 Å². The molecule has 33 heteroatoms. The van der Waals surface area contributed by atoms with E-state index >= 15 is 0 Å². The van der Waals surface area contributed by atoms with Crippen molar-refractivity contribution in [2.45, 2.75) is 111 Å². The van der Waals surface area contributed by atoms with E-state index in [2.05, 4.69) is 41.6 Å². The van der Waals surface area contributed by atoms with Crippen molar-refractivity contribution in [2.75, 3.05) is 75.7 Å². The number of carbonyl (C=O) groups excluding carboxylic acids is 13. The standard InChI is InChI=1S/C19H18BrNO4S.C19H20N2O4S.C19H18N2O3S.C17H17NO3S.C10H6F3NO.C7H10O3/c2*1-10-5-3-4-6-12(10)17(23)16-13-7-11(19(24)25-2)8-14(13)26-18(16)21-15(22)9-20;1-10-5-3-4-6-12(10)17-16-13-7-11(19(23)24-2)8-14(13)25-18(16)21-15(22)9-20-17;1-9-5-3-4-6-11(9)15(19)14-12-7-10(17(20)21-2)8-13(12)22-16(14)18;11-10(12,13)8-4-2-1-3-7(8)9(15)5-6-14;1-10-7(9)5-2-3-6(8)4-5/h3-6,11H,7-9H2,1-2H3,(H,21,22);3-6,11H,7-9,20H2,1-2H3,(H,21,22);3-6,11H,7-9H2,1-2H3,(H,21,22);3-6,10H,7-8,18H2,1-2H3;1-4H,5H2;5H,2-4H2,1H3. The molecule has 15 rings (SSSR count). The first-order chi connectivity index (χ1) is 59.2. The number of amides is 3. The van der Waals surface area contributed by atoms with Crippen molar-refractivity contribution in [1.82, 2.24) is 0 Å². The number of thiophene rings is 4. The molecule has 5 unspecified atom stereocenters. The molecule has 0 bridgehead atoms. The number of nitrogens with zero attached hydrogens (tertiary/aromatic N) is 2. The Morgan fingerprint density at radius 1 is 0.508 bits per heavy atom. The topological polar surface area (TPSA) is 392 Å². The molecule has 5 aliphatic carbocycles. The smallest absolute Gasteiger partial charge is 0.417 e. The van der Waals surface area contributed by atoms with Crippen LogP contribution < -0.4 is 27.4 Å². The number of Topliss-reactive ketones (excluding diaryl/α,β-unsaturated/α-hetero) is 2. The van der Waals surface area contributed by atoms with Crippen LogP contribution in [0.25, 0.3) is 0 Å². The molecule has 4 aromatic heterocycles. The van der Waals surface area contributed by atoms with Crippen molar-refractivity contribution in [3.8, 4) is 6.07 Å². The van der Waals surface area contributed by atoms with Gasteiger partial charge in [-0.2, -0.15) is 18.4 Å². The summed E-state index contributed by atoms with van der Waals surface area (Å²) in [5.74, 6) is -3.91. The number of alkyl halides is 4. The molecule has 6 aliphatic rings. The molecule has 0 saturated heterocycles. The minimum Gasteiger partial charge on any atom is -0.469 e. The van der Waals surface area contributed by atoms with E-state index in [1.54, 1.807) is 23.5 Å². The fourth-order valence-corrected chi connectivity index (χ4v) is 20.6. The number of hydrogen-bond donors (Lipinski definition) is 5. The average Bonchev–Trinajstić information content (AvgIpc) is 1.62. The third-order valence-corrected chi connectivity index (χ3v) is 26.6. The van der Waals surface area contributed by atoms with Crippen molar-refractivity contribution in [1.29, 1.82) is 5.26 Å². The van der Waals surface area contributed by atoms with Gasteiger partial charge < -0.3 is 51.1 Å². The summed E-state index contributed by atoms with van der Waals surface area (Å²) in [6.07, 6.45) is 0.849. The van der Waals surface area contributed by atoms with Gasteiger partial charge >= 0.3 is 36.0 Å². The Kier molecular flexibility index (Phi) is 32.4. The van der Waals surface area contributed by atoms with Crippen LogP contribution in [0.3, 0.4) is 0 Å². The molecule has 5 atom stereocenters. The lowest BCUT2D eigenvalue weighted by atomic mass is 9.95. The van der Waals surface area contributed by atoms with E-state index in [1.807, 2.05) is 113 Å². The number of ether oxygens (including phenoxy) is 5. The Hall–Kier alpha value is -11.8. The van der Waals surface area contributed by atoms with Crippen LogP contribution >= 0.6 is 61.3 Å². The number of rotatable bonds is 18. The zero-order valence-corrected chi connectivity index (χ0v) is 73.9. The van der Waals surface area contributed by atoms with Gasteiger partial charge in [0.1, 0.15) is 27.3 Å². The summed E-state index contributed by atoms with van der Waals surface area (Å²) < 4.78 is 61.2. The number of carbonyl (C=O) groups is 13. The summed E-state index contributed by atoms with van der Waals surface area (Å²) in [7, 11) is 6.90. The highest BCUT2D eigenvalue weighted by Crippen LogP contribution is 2.48. The number of nitrogens with two attached hydrogens (primary N) is 2. The molecule has 0 radical (unpaired) electrons. The van der Waals surface area contributed by atoms with Gasteiger partial charge in [-0.1, -0.05) is 131 Å². The van der Waals surface area contributed by atoms with Crippen molar-refractivity contribution >= 4 is 163 Å². The largest absolute Gasteiger partial charge is 0.469 e. The van der Waals surface area contributed by atoms with Gasteiger partial charge in [0.25, 0.3) is 0 Å². The van der Waals surface area contributed by atoms with Crippen LogP contribution in [0, 0.1) is 68.6 Å². The summed E-state index contributed by atoms with van der Waals surface area (Å²) >= 11 is 8.81. The molecule has 25 nitrogen and oxygen atoms in total. The average molecular weight is 1830 g/mol. The molecule has 5 heterocycles. The number of hydrogen-bond acceptors (Lipinski definition) is 26. The lowest BCUT2D eigenvalue weighted by molar-refractivity contribution is -0.146. The van der Waals surface area contributed by atoms with Crippen LogP contribution in [0.5, 0.6) is 0 Å². The molecular formula is C91H89BrF3N7O18S4. The van der Waals surface area contributed by atoms with E-state index in [0.29, 0.717) is 119 Å². The summed E-state index contributed by atoms with van der Waals surface area (Å²) in [5.41, 5.74) is 23.8. The Morgan fingerprint density at radius 2 is 0.895 bits per heavy atom. The number of benzene rings is 5. The van der Waals surface area contributed by atoms with Gasteiger partial charge in [0.2, 0.25) is 17.7 Å². The van der Waals surface area contributed by atoms with E-state index in [-0.39, 0.29) is 119 Å². The first-order valence-electron chi connectivity index (χ1n) is 39.1. The van der Waals surface area contributed by atoms with Crippen molar-refractivity contribution < 1.29 is 99.2 Å². The number of aryl methyl sites for hydroxylation is 4. The van der Waals surface area contributed by atoms with Crippen molar-refractivity contribution in [3.05, 3.63) is 241 Å². The third-order valence-electron chi connectivity index (χ3n) is 21.5. The molecule has 7 N–H and O–H groups in total.